The highest BCUT2D eigenvalue weighted by Crippen LogP contribution is 2.36. The first-order valence-electron chi connectivity index (χ1n) is 9.47. The van der Waals surface area contributed by atoms with Crippen molar-refractivity contribution >= 4 is 0 Å². The number of hydrogen-bond donors (Lipinski definition) is 2. The second-order valence-corrected chi connectivity index (χ2v) is 7.90. The first-order chi connectivity index (χ1) is 12.9. The van der Waals surface area contributed by atoms with Crippen molar-refractivity contribution in [2.45, 2.75) is 63.7 Å². The van der Waals surface area contributed by atoms with Crippen LogP contribution >= 0.6 is 0 Å². The second kappa shape index (κ2) is 7.43. The number of allylic oxidation sites excluding steroid dienone is 3. The minimum atomic E-state index is -0.634. The van der Waals surface area contributed by atoms with Crippen molar-refractivity contribution < 1.29 is 18.6 Å². The van der Waals surface area contributed by atoms with Gasteiger partial charge in [0.05, 0.1) is 31.1 Å². The van der Waals surface area contributed by atoms with Gasteiger partial charge in [-0.15, -0.1) is 0 Å². The van der Waals surface area contributed by atoms with E-state index in [1.807, 2.05) is 6.20 Å². The van der Waals surface area contributed by atoms with Gasteiger partial charge in [0.1, 0.15) is 11.7 Å². The summed E-state index contributed by atoms with van der Waals surface area (Å²) in [5.41, 5.74) is 8.47. The molecular formula is C19H26F2N4O2. The van der Waals surface area contributed by atoms with Gasteiger partial charge in [-0.05, 0) is 25.5 Å². The van der Waals surface area contributed by atoms with Gasteiger partial charge in [0, 0.05) is 49.3 Å². The molecule has 1 aliphatic carbocycles. The van der Waals surface area contributed by atoms with Crippen molar-refractivity contribution in [3.63, 3.8) is 0 Å². The smallest absolute Gasteiger partial charge is 0.106 e. The third-order valence-electron chi connectivity index (χ3n) is 5.66. The molecule has 6 nitrogen and oxygen atoms in total. The molecule has 3 aliphatic rings. The molecule has 2 aliphatic heterocycles. The largest absolute Gasteiger partial charge is 0.391 e. The number of hydrogen-bond acceptors (Lipinski definition) is 5. The number of nitrogens with two attached hydrogens (primary N) is 1. The number of ether oxygens (including phenoxy) is 1. The fraction of sp³-hybridized carbons (Fsp3) is 0.632. The second-order valence-electron chi connectivity index (χ2n) is 7.90. The minimum absolute atomic E-state index is 0.0118. The van der Waals surface area contributed by atoms with Crippen LogP contribution in [0.4, 0.5) is 8.78 Å². The Hall–Kier alpha value is -1.61. The van der Waals surface area contributed by atoms with Crippen LogP contribution in [0.1, 0.15) is 31.0 Å². The molecule has 0 radical (unpaired) electrons. The van der Waals surface area contributed by atoms with Crippen molar-refractivity contribution in [3.05, 3.63) is 41.3 Å². The summed E-state index contributed by atoms with van der Waals surface area (Å²) >= 11 is 0. The zero-order valence-corrected chi connectivity index (χ0v) is 15.4. The highest BCUT2D eigenvalue weighted by Gasteiger charge is 2.40. The van der Waals surface area contributed by atoms with E-state index in [4.69, 9.17) is 10.5 Å². The number of aliphatic hydroxyl groups is 1. The number of halogens is 2. The number of nitrogens with zero attached hydrogens (tertiary/aromatic N) is 3. The predicted molar refractivity (Wildman–Crippen MR) is 95.8 cm³/mol. The van der Waals surface area contributed by atoms with Crippen LogP contribution in [-0.4, -0.2) is 50.7 Å². The maximum Gasteiger partial charge on any atom is 0.106 e. The topological polar surface area (TPSA) is 76.5 Å². The van der Waals surface area contributed by atoms with Gasteiger partial charge in [0.25, 0.3) is 0 Å². The lowest BCUT2D eigenvalue weighted by Gasteiger charge is -2.41. The van der Waals surface area contributed by atoms with E-state index in [2.05, 4.69) is 10.00 Å². The number of rotatable bonds is 4. The molecular weight excluding hydrogens is 354 g/mol. The normalized spacial score (nSPS) is 32.8. The van der Waals surface area contributed by atoms with Crippen molar-refractivity contribution in [1.29, 1.82) is 0 Å². The summed E-state index contributed by atoms with van der Waals surface area (Å²) in [6.45, 7) is 4.14. The highest BCUT2D eigenvalue weighted by atomic mass is 19.1. The van der Waals surface area contributed by atoms with E-state index in [0.29, 0.717) is 26.1 Å². The van der Waals surface area contributed by atoms with E-state index in [1.54, 1.807) is 11.6 Å². The molecule has 0 bridgehead atoms. The fourth-order valence-corrected chi connectivity index (χ4v) is 4.33. The van der Waals surface area contributed by atoms with Crippen LogP contribution in [0.3, 0.4) is 0 Å². The van der Waals surface area contributed by atoms with E-state index < -0.39 is 18.1 Å². The monoisotopic (exact) mass is 380 g/mol. The van der Waals surface area contributed by atoms with E-state index >= 15 is 0 Å². The van der Waals surface area contributed by atoms with Gasteiger partial charge in [0.15, 0.2) is 0 Å². The summed E-state index contributed by atoms with van der Waals surface area (Å²) < 4.78 is 35.4. The standard InChI is InChI=1S/C19H26F2N4O2/c1-11(26)6-25-8-12-7-24(9-18(12)23-25)14-5-17(22)19(27-10-14)15-4-13(20)2-3-16(15)21/h2-3,8,11,14-15,17,19,26H,4-7,9-10,22H2,1H3/t11-,14+,15?,17-,19+/m0/s1. The molecule has 0 saturated carbocycles. The highest BCUT2D eigenvalue weighted by molar-refractivity contribution is 5.23. The van der Waals surface area contributed by atoms with Crippen molar-refractivity contribution in [3.8, 4) is 0 Å². The third-order valence-corrected chi connectivity index (χ3v) is 5.66. The van der Waals surface area contributed by atoms with Crippen LogP contribution in [0.15, 0.2) is 30.0 Å². The molecule has 5 atom stereocenters. The Kier molecular flexibility index (Phi) is 5.15. The maximum atomic E-state index is 14.1. The molecule has 8 heteroatoms. The quantitative estimate of drug-likeness (QED) is 0.833. The van der Waals surface area contributed by atoms with Crippen LogP contribution in [-0.2, 0) is 24.4 Å². The summed E-state index contributed by atoms with van der Waals surface area (Å²) in [4.78, 5) is 2.27. The molecule has 1 fully saturated rings. The average molecular weight is 380 g/mol. The molecule has 0 aromatic carbocycles. The zero-order chi connectivity index (χ0) is 19.1. The van der Waals surface area contributed by atoms with Crippen molar-refractivity contribution in [1.82, 2.24) is 14.7 Å². The molecule has 1 unspecified atom stereocenters. The summed E-state index contributed by atoms with van der Waals surface area (Å²) in [5, 5.41) is 14.0. The van der Waals surface area contributed by atoms with Crippen molar-refractivity contribution in [2.75, 3.05) is 6.61 Å². The van der Waals surface area contributed by atoms with Crippen LogP contribution in [0, 0.1) is 5.92 Å². The van der Waals surface area contributed by atoms with Gasteiger partial charge in [-0.2, -0.15) is 5.10 Å². The van der Waals surface area contributed by atoms with Crippen LogP contribution in [0.2, 0.25) is 0 Å². The van der Waals surface area contributed by atoms with Gasteiger partial charge in [-0.25, -0.2) is 8.78 Å². The summed E-state index contributed by atoms with van der Waals surface area (Å²) in [6.07, 6.45) is 4.08. The SMILES string of the molecule is C[C@H](O)Cn1cc2c(n1)CN([C@H]1CO[C@H](C3CC(F)=CC=C3F)[C@@H](N)C1)C2. The van der Waals surface area contributed by atoms with Gasteiger partial charge in [0.2, 0.25) is 0 Å². The first-order valence-corrected chi connectivity index (χ1v) is 9.47. The molecule has 27 heavy (non-hydrogen) atoms. The lowest BCUT2D eigenvalue weighted by molar-refractivity contribution is -0.0729. The van der Waals surface area contributed by atoms with E-state index in [1.165, 1.54) is 12.2 Å². The number of aliphatic hydroxyl groups excluding tert-OH is 1. The molecule has 1 saturated heterocycles. The predicted octanol–water partition coefficient (Wildman–Crippen LogP) is 1.79. The van der Waals surface area contributed by atoms with Gasteiger partial charge in [-0.1, -0.05) is 0 Å². The Morgan fingerprint density at radius 2 is 2.19 bits per heavy atom. The minimum Gasteiger partial charge on any atom is -0.391 e. The Morgan fingerprint density at radius 3 is 2.89 bits per heavy atom. The number of fused-ring (bicyclic) bond motifs is 1. The summed E-state index contributed by atoms with van der Waals surface area (Å²) in [5.74, 6) is -1.33. The summed E-state index contributed by atoms with van der Waals surface area (Å²) in [7, 11) is 0. The zero-order valence-electron chi connectivity index (χ0n) is 15.4. The molecule has 0 spiro atoms. The van der Waals surface area contributed by atoms with Crippen molar-refractivity contribution in [2.24, 2.45) is 11.7 Å². The molecule has 1 aromatic rings. The molecule has 3 N–H and O–H groups in total. The van der Waals surface area contributed by atoms with Crippen LogP contribution in [0.5, 0.6) is 0 Å². The molecule has 0 amide bonds. The lowest BCUT2D eigenvalue weighted by atomic mass is 9.85. The number of aromatic nitrogens is 2. The average Bonchev–Trinajstić information content (AvgIpc) is 3.15. The molecule has 4 rings (SSSR count). The van der Waals surface area contributed by atoms with Gasteiger partial charge in [-0.3, -0.25) is 9.58 Å². The van der Waals surface area contributed by atoms with Crippen LogP contribution in [0.25, 0.3) is 0 Å². The first kappa shape index (κ1) is 18.7. The van der Waals surface area contributed by atoms with E-state index in [-0.39, 0.29) is 30.2 Å². The van der Waals surface area contributed by atoms with E-state index in [0.717, 1.165) is 17.8 Å². The van der Waals surface area contributed by atoms with Gasteiger partial charge >= 0.3 is 0 Å². The van der Waals surface area contributed by atoms with Crippen LogP contribution < -0.4 is 5.73 Å². The summed E-state index contributed by atoms with van der Waals surface area (Å²) in [6, 6.07) is -0.214. The lowest BCUT2D eigenvalue weighted by Crippen LogP contribution is -2.53. The Bertz CT molecular complexity index is 737. The van der Waals surface area contributed by atoms with Gasteiger partial charge < -0.3 is 15.6 Å². The fourth-order valence-electron chi connectivity index (χ4n) is 4.33. The third kappa shape index (κ3) is 3.85. The molecule has 3 heterocycles. The Labute approximate surface area is 157 Å². The maximum absolute atomic E-state index is 14.1. The van der Waals surface area contributed by atoms with E-state index in [9.17, 15) is 13.9 Å². The molecule has 148 valence electrons. The Morgan fingerprint density at radius 1 is 1.37 bits per heavy atom. The Balaban J connectivity index is 1.36. The molecule has 1 aromatic heterocycles.